The number of carbonyl (C=O) groups excluding carboxylic acids is 1. The van der Waals surface area contributed by atoms with Crippen LogP contribution in [0.15, 0.2) is 56.7 Å². The normalized spacial score (nSPS) is 18.2. The predicted octanol–water partition coefficient (Wildman–Crippen LogP) is 4.71. The smallest absolute Gasteiger partial charge is 0.309 e. The maximum absolute atomic E-state index is 12.7. The minimum absolute atomic E-state index is 0.00116. The van der Waals surface area contributed by atoms with Crippen molar-refractivity contribution in [2.75, 3.05) is 0 Å². The van der Waals surface area contributed by atoms with Gasteiger partial charge in [-0.1, -0.05) is 48.8 Å². The first-order chi connectivity index (χ1) is 10.9. The molecule has 120 valence electrons. The monoisotopic (exact) mass is 374 g/mol. The Morgan fingerprint density at radius 3 is 2.52 bits per heavy atom. The fourth-order valence-electron chi connectivity index (χ4n) is 2.70. The minimum Gasteiger partial charge on any atom is -0.459 e. The van der Waals surface area contributed by atoms with E-state index in [1.165, 1.54) is 6.26 Å². The van der Waals surface area contributed by atoms with Crippen LogP contribution in [0.4, 0.5) is 0 Å². The van der Waals surface area contributed by atoms with E-state index in [9.17, 15) is 4.79 Å². The first kappa shape index (κ1) is 16.0. The van der Waals surface area contributed by atoms with Crippen LogP contribution in [0.3, 0.4) is 0 Å². The van der Waals surface area contributed by atoms with Gasteiger partial charge in [0.1, 0.15) is 0 Å². The van der Waals surface area contributed by atoms with E-state index in [4.69, 9.17) is 4.42 Å². The highest BCUT2D eigenvalue weighted by Gasteiger charge is 2.40. The van der Waals surface area contributed by atoms with Crippen LogP contribution in [0.25, 0.3) is 0 Å². The second kappa shape index (κ2) is 5.96. The number of benzene rings is 1. The number of hydrazone groups is 1. The van der Waals surface area contributed by atoms with E-state index in [-0.39, 0.29) is 17.4 Å². The van der Waals surface area contributed by atoms with Crippen LogP contribution in [-0.2, 0) is 0 Å². The second-order valence-electron chi connectivity index (χ2n) is 6.77. The molecule has 1 aliphatic heterocycles. The van der Waals surface area contributed by atoms with Crippen molar-refractivity contribution in [1.29, 1.82) is 0 Å². The fraction of sp³-hybridized carbons (Fsp3) is 0.333. The van der Waals surface area contributed by atoms with E-state index in [0.29, 0.717) is 5.76 Å². The molecule has 1 aliphatic rings. The topological polar surface area (TPSA) is 45.8 Å². The van der Waals surface area contributed by atoms with Crippen molar-refractivity contribution < 1.29 is 9.21 Å². The fourth-order valence-corrected chi connectivity index (χ4v) is 2.97. The molecule has 0 saturated carbocycles. The predicted molar refractivity (Wildman–Crippen MR) is 93.4 cm³/mol. The molecule has 0 fully saturated rings. The zero-order valence-electron chi connectivity index (χ0n) is 13.4. The Balaban J connectivity index is 1.96. The molecule has 1 atom stereocenters. The number of carbonyl (C=O) groups is 1. The summed E-state index contributed by atoms with van der Waals surface area (Å²) in [6.45, 7) is 6.38. The second-order valence-corrected chi connectivity index (χ2v) is 7.68. The molecular formula is C18H19BrN2O2. The summed E-state index contributed by atoms with van der Waals surface area (Å²) in [5.41, 5.74) is 1.89. The standard InChI is InChI=1S/C18H19BrN2O2/c1-18(2,3)16-11-14(12-6-8-13(19)9-7-12)20-21(16)17(22)15-5-4-10-23-15/h4-10,16H,11H2,1-3H3. The van der Waals surface area contributed by atoms with E-state index >= 15 is 0 Å². The Kier molecular flexibility index (Phi) is 4.15. The maximum atomic E-state index is 12.7. The molecule has 0 spiro atoms. The zero-order valence-corrected chi connectivity index (χ0v) is 15.0. The van der Waals surface area contributed by atoms with Gasteiger partial charge in [0.15, 0.2) is 5.76 Å². The molecule has 23 heavy (non-hydrogen) atoms. The van der Waals surface area contributed by atoms with Crippen LogP contribution in [-0.4, -0.2) is 22.7 Å². The largest absolute Gasteiger partial charge is 0.459 e. The van der Waals surface area contributed by atoms with Crippen molar-refractivity contribution in [3.8, 4) is 0 Å². The van der Waals surface area contributed by atoms with Gasteiger partial charge in [-0.2, -0.15) is 5.10 Å². The molecule has 0 radical (unpaired) electrons. The van der Waals surface area contributed by atoms with Crippen molar-refractivity contribution in [2.45, 2.75) is 33.2 Å². The average Bonchev–Trinajstić information content (AvgIpc) is 3.16. The van der Waals surface area contributed by atoms with Crippen LogP contribution in [0.1, 0.15) is 43.3 Å². The number of rotatable bonds is 2. The molecule has 1 aromatic heterocycles. The van der Waals surface area contributed by atoms with Gasteiger partial charge < -0.3 is 4.42 Å². The lowest BCUT2D eigenvalue weighted by Crippen LogP contribution is -2.41. The molecule has 3 rings (SSSR count). The van der Waals surface area contributed by atoms with E-state index in [2.05, 4.69) is 41.8 Å². The summed E-state index contributed by atoms with van der Waals surface area (Å²) in [6.07, 6.45) is 2.24. The lowest BCUT2D eigenvalue weighted by atomic mass is 9.83. The van der Waals surface area contributed by atoms with Gasteiger partial charge >= 0.3 is 5.91 Å². The van der Waals surface area contributed by atoms with Crippen molar-refractivity contribution in [3.05, 3.63) is 58.5 Å². The molecule has 1 aromatic carbocycles. The highest BCUT2D eigenvalue weighted by Crippen LogP contribution is 2.34. The Labute approximate surface area is 144 Å². The Morgan fingerprint density at radius 1 is 1.26 bits per heavy atom. The first-order valence-electron chi connectivity index (χ1n) is 7.57. The third-order valence-electron chi connectivity index (χ3n) is 4.03. The molecule has 0 saturated heterocycles. The molecule has 0 bridgehead atoms. The molecule has 0 N–H and O–H groups in total. The molecule has 5 heteroatoms. The molecular weight excluding hydrogens is 356 g/mol. The van der Waals surface area contributed by atoms with Crippen molar-refractivity contribution in [2.24, 2.45) is 10.5 Å². The molecule has 2 heterocycles. The summed E-state index contributed by atoms with van der Waals surface area (Å²) in [4.78, 5) is 12.7. The Hall–Kier alpha value is -1.88. The third kappa shape index (κ3) is 3.24. The lowest BCUT2D eigenvalue weighted by molar-refractivity contribution is 0.0552. The van der Waals surface area contributed by atoms with Crippen LogP contribution in [0.5, 0.6) is 0 Å². The van der Waals surface area contributed by atoms with E-state index in [1.807, 2.05) is 24.3 Å². The number of hydrogen-bond acceptors (Lipinski definition) is 3. The number of halogens is 1. The Morgan fingerprint density at radius 2 is 1.96 bits per heavy atom. The van der Waals surface area contributed by atoms with E-state index < -0.39 is 0 Å². The van der Waals surface area contributed by atoms with Gasteiger partial charge in [0.2, 0.25) is 0 Å². The van der Waals surface area contributed by atoms with Gasteiger partial charge in [-0.3, -0.25) is 4.79 Å². The van der Waals surface area contributed by atoms with Crippen molar-refractivity contribution >= 4 is 27.5 Å². The quantitative estimate of drug-likeness (QED) is 0.763. The van der Waals surface area contributed by atoms with Gasteiger partial charge in [0.05, 0.1) is 18.0 Å². The molecule has 0 aliphatic carbocycles. The third-order valence-corrected chi connectivity index (χ3v) is 4.56. The highest BCUT2D eigenvalue weighted by molar-refractivity contribution is 9.10. The summed E-state index contributed by atoms with van der Waals surface area (Å²) in [5.74, 6) is 0.127. The van der Waals surface area contributed by atoms with Crippen LogP contribution in [0.2, 0.25) is 0 Å². The number of amides is 1. The van der Waals surface area contributed by atoms with Crippen LogP contribution in [0, 0.1) is 5.41 Å². The van der Waals surface area contributed by atoms with Gasteiger partial charge in [-0.15, -0.1) is 0 Å². The van der Waals surface area contributed by atoms with Crippen LogP contribution < -0.4 is 0 Å². The molecule has 1 amide bonds. The summed E-state index contributed by atoms with van der Waals surface area (Å²) in [6, 6.07) is 11.4. The minimum atomic E-state index is -0.193. The van der Waals surface area contributed by atoms with E-state index in [0.717, 1.165) is 22.2 Å². The van der Waals surface area contributed by atoms with Crippen LogP contribution >= 0.6 is 15.9 Å². The van der Waals surface area contributed by atoms with Crippen molar-refractivity contribution in [1.82, 2.24) is 5.01 Å². The number of furan rings is 1. The zero-order chi connectivity index (χ0) is 16.6. The first-order valence-corrected chi connectivity index (χ1v) is 8.36. The highest BCUT2D eigenvalue weighted by atomic mass is 79.9. The average molecular weight is 375 g/mol. The van der Waals surface area contributed by atoms with Crippen molar-refractivity contribution in [3.63, 3.8) is 0 Å². The summed E-state index contributed by atoms with van der Waals surface area (Å²) in [5, 5.41) is 6.20. The summed E-state index contributed by atoms with van der Waals surface area (Å²) < 4.78 is 6.28. The van der Waals surface area contributed by atoms with Gasteiger partial charge in [-0.05, 0) is 35.2 Å². The maximum Gasteiger partial charge on any atom is 0.309 e. The summed E-state index contributed by atoms with van der Waals surface area (Å²) >= 11 is 3.44. The molecule has 4 nitrogen and oxygen atoms in total. The van der Waals surface area contributed by atoms with Gasteiger partial charge in [0.25, 0.3) is 0 Å². The number of hydrogen-bond donors (Lipinski definition) is 0. The molecule has 2 aromatic rings. The lowest BCUT2D eigenvalue weighted by Gasteiger charge is -2.32. The van der Waals surface area contributed by atoms with Gasteiger partial charge in [-0.25, -0.2) is 5.01 Å². The van der Waals surface area contributed by atoms with E-state index in [1.54, 1.807) is 17.1 Å². The molecule has 1 unspecified atom stereocenters. The SMILES string of the molecule is CC(C)(C)C1CC(c2ccc(Br)cc2)=NN1C(=O)c1ccco1. The summed E-state index contributed by atoms with van der Waals surface area (Å²) in [7, 11) is 0. The number of nitrogens with zero attached hydrogens (tertiary/aromatic N) is 2. The van der Waals surface area contributed by atoms with Gasteiger partial charge in [0, 0.05) is 10.9 Å². The Bertz CT molecular complexity index is 727.